The molecule has 0 aliphatic heterocycles. The highest BCUT2D eigenvalue weighted by molar-refractivity contribution is 5.47. The Balaban J connectivity index is 2.72. The highest BCUT2D eigenvalue weighted by atomic mass is 19.1. The van der Waals surface area contributed by atoms with Crippen molar-refractivity contribution in [3.63, 3.8) is 0 Å². The summed E-state index contributed by atoms with van der Waals surface area (Å²) in [4.78, 5) is 3.77. The maximum atomic E-state index is 13.4. The Kier molecular flexibility index (Phi) is 5.73. The zero-order chi connectivity index (χ0) is 13.5. The van der Waals surface area contributed by atoms with Crippen LogP contribution in [-0.4, -0.2) is 43.0 Å². The number of hydrogen-bond acceptors (Lipinski definition) is 5. The van der Waals surface area contributed by atoms with Crippen LogP contribution in [0.25, 0.3) is 0 Å². The first-order valence-corrected chi connectivity index (χ1v) is 5.59. The van der Waals surface area contributed by atoms with Gasteiger partial charge in [0.05, 0.1) is 12.7 Å². The van der Waals surface area contributed by atoms with E-state index in [1.165, 1.54) is 7.11 Å². The Labute approximate surface area is 104 Å². The van der Waals surface area contributed by atoms with Gasteiger partial charge in [-0.2, -0.15) is 0 Å². The van der Waals surface area contributed by atoms with Crippen molar-refractivity contribution in [3.05, 3.63) is 17.7 Å². The van der Waals surface area contributed by atoms with E-state index in [-0.39, 0.29) is 24.8 Å². The van der Waals surface area contributed by atoms with Crippen LogP contribution in [-0.2, 0) is 4.74 Å². The van der Waals surface area contributed by atoms with Crippen LogP contribution in [0.15, 0.2) is 6.07 Å². The van der Waals surface area contributed by atoms with Crippen LogP contribution in [0.2, 0.25) is 0 Å². The number of rotatable bonds is 7. The summed E-state index contributed by atoms with van der Waals surface area (Å²) in [7, 11) is 1.45. The molecule has 1 aromatic heterocycles. The second-order valence-electron chi connectivity index (χ2n) is 3.67. The van der Waals surface area contributed by atoms with E-state index < -0.39 is 17.7 Å². The zero-order valence-electron chi connectivity index (χ0n) is 10.3. The lowest BCUT2D eigenvalue weighted by molar-refractivity contribution is 0.0727. The SMILES string of the molecule is CCNc1nc(NCC(O)COC)c(F)cc1F. The van der Waals surface area contributed by atoms with Gasteiger partial charge in [0.25, 0.3) is 0 Å². The van der Waals surface area contributed by atoms with Gasteiger partial charge in [-0.25, -0.2) is 13.8 Å². The zero-order valence-corrected chi connectivity index (χ0v) is 10.3. The fourth-order valence-corrected chi connectivity index (χ4v) is 1.35. The molecule has 0 aromatic carbocycles. The molecular weight excluding hydrogens is 244 g/mol. The topological polar surface area (TPSA) is 66.4 Å². The van der Waals surface area contributed by atoms with E-state index >= 15 is 0 Å². The average molecular weight is 261 g/mol. The first-order valence-electron chi connectivity index (χ1n) is 5.59. The molecule has 0 saturated heterocycles. The number of anilines is 2. The minimum atomic E-state index is -0.807. The third kappa shape index (κ3) is 4.08. The summed E-state index contributed by atoms with van der Waals surface area (Å²) in [5, 5.41) is 14.7. The molecule has 0 radical (unpaired) electrons. The Bertz CT molecular complexity index is 391. The number of nitrogens with one attached hydrogen (secondary N) is 2. The number of pyridine rings is 1. The summed E-state index contributed by atoms with van der Waals surface area (Å²) in [6.07, 6.45) is -0.788. The smallest absolute Gasteiger partial charge is 0.168 e. The Hall–Kier alpha value is -1.47. The molecule has 3 N–H and O–H groups in total. The lowest BCUT2D eigenvalue weighted by atomic mass is 10.3. The van der Waals surface area contributed by atoms with Gasteiger partial charge >= 0.3 is 0 Å². The molecule has 0 bridgehead atoms. The minimum absolute atomic E-state index is 0.0253. The Morgan fingerprint density at radius 3 is 2.50 bits per heavy atom. The van der Waals surface area contributed by atoms with Crippen molar-refractivity contribution < 1.29 is 18.6 Å². The lowest BCUT2D eigenvalue weighted by Gasteiger charge is -2.13. The van der Waals surface area contributed by atoms with Gasteiger partial charge in [-0.05, 0) is 6.92 Å². The first-order chi connectivity index (χ1) is 8.58. The fourth-order valence-electron chi connectivity index (χ4n) is 1.35. The molecule has 7 heteroatoms. The second kappa shape index (κ2) is 7.07. The van der Waals surface area contributed by atoms with Crippen molar-refractivity contribution >= 4 is 11.6 Å². The molecule has 0 aliphatic rings. The number of aliphatic hydroxyl groups excluding tert-OH is 1. The summed E-state index contributed by atoms with van der Waals surface area (Å²) in [5.74, 6) is -1.69. The Morgan fingerprint density at radius 2 is 1.94 bits per heavy atom. The number of methoxy groups -OCH3 is 1. The van der Waals surface area contributed by atoms with Crippen LogP contribution in [0.4, 0.5) is 20.4 Å². The van der Waals surface area contributed by atoms with Crippen LogP contribution in [0.3, 0.4) is 0 Å². The summed E-state index contributed by atoms with van der Waals surface area (Å²) in [6, 6.07) is 0.746. The van der Waals surface area contributed by atoms with Gasteiger partial charge in [0.15, 0.2) is 23.3 Å². The molecule has 1 heterocycles. The molecule has 1 atom stereocenters. The number of ether oxygens (including phenoxy) is 1. The van der Waals surface area contributed by atoms with Gasteiger partial charge in [0.2, 0.25) is 0 Å². The first kappa shape index (κ1) is 14.6. The molecule has 0 aliphatic carbocycles. The maximum absolute atomic E-state index is 13.4. The summed E-state index contributed by atoms with van der Waals surface area (Å²) in [6.45, 7) is 2.44. The van der Waals surface area contributed by atoms with Crippen LogP contribution < -0.4 is 10.6 Å². The highest BCUT2D eigenvalue weighted by Gasteiger charge is 2.12. The van der Waals surface area contributed by atoms with Crippen molar-refractivity contribution in [1.29, 1.82) is 0 Å². The van der Waals surface area contributed by atoms with E-state index in [4.69, 9.17) is 4.74 Å². The average Bonchev–Trinajstić information content (AvgIpc) is 2.31. The van der Waals surface area contributed by atoms with E-state index in [1.54, 1.807) is 6.92 Å². The quantitative estimate of drug-likeness (QED) is 0.688. The van der Waals surface area contributed by atoms with Crippen LogP contribution >= 0.6 is 0 Å². The number of halogens is 2. The highest BCUT2D eigenvalue weighted by Crippen LogP contribution is 2.18. The predicted molar refractivity (Wildman–Crippen MR) is 64.7 cm³/mol. The van der Waals surface area contributed by atoms with Crippen molar-refractivity contribution in [2.24, 2.45) is 0 Å². The van der Waals surface area contributed by atoms with Gasteiger partial charge < -0.3 is 20.5 Å². The monoisotopic (exact) mass is 261 g/mol. The maximum Gasteiger partial charge on any atom is 0.168 e. The number of hydrogen-bond donors (Lipinski definition) is 3. The van der Waals surface area contributed by atoms with Gasteiger partial charge in [0.1, 0.15) is 0 Å². The van der Waals surface area contributed by atoms with Gasteiger partial charge in [-0.3, -0.25) is 0 Å². The predicted octanol–water partition coefficient (Wildman–Crippen LogP) is 1.21. The fraction of sp³-hybridized carbons (Fsp3) is 0.545. The summed E-state index contributed by atoms with van der Waals surface area (Å²) < 4.78 is 31.4. The molecule has 0 spiro atoms. The van der Waals surface area contributed by atoms with Crippen molar-refractivity contribution in [1.82, 2.24) is 4.98 Å². The van der Waals surface area contributed by atoms with Gasteiger partial charge in [-0.15, -0.1) is 0 Å². The molecule has 1 aromatic rings. The van der Waals surface area contributed by atoms with Crippen molar-refractivity contribution in [2.75, 3.05) is 37.4 Å². The second-order valence-corrected chi connectivity index (χ2v) is 3.67. The summed E-state index contributed by atoms with van der Waals surface area (Å²) >= 11 is 0. The molecule has 102 valence electrons. The van der Waals surface area contributed by atoms with E-state index in [1.807, 2.05) is 0 Å². The van der Waals surface area contributed by atoms with Crippen LogP contribution in [0.5, 0.6) is 0 Å². The molecule has 5 nitrogen and oxygen atoms in total. The molecule has 1 unspecified atom stereocenters. The van der Waals surface area contributed by atoms with Crippen molar-refractivity contribution in [2.45, 2.75) is 13.0 Å². The van der Waals surface area contributed by atoms with Crippen LogP contribution in [0, 0.1) is 11.6 Å². The lowest BCUT2D eigenvalue weighted by Crippen LogP contribution is -2.25. The standard InChI is InChI=1S/C11H17F2N3O2/c1-3-14-10-8(12)4-9(13)11(16-10)15-5-7(17)6-18-2/h4,7,17H,3,5-6H2,1-2H3,(H2,14,15,16). The third-order valence-electron chi connectivity index (χ3n) is 2.14. The van der Waals surface area contributed by atoms with Crippen LogP contribution in [0.1, 0.15) is 6.92 Å². The van der Waals surface area contributed by atoms with E-state index in [0.717, 1.165) is 6.07 Å². The summed E-state index contributed by atoms with van der Waals surface area (Å²) in [5.41, 5.74) is 0. The van der Waals surface area contributed by atoms with E-state index in [2.05, 4.69) is 15.6 Å². The molecular formula is C11H17F2N3O2. The van der Waals surface area contributed by atoms with E-state index in [0.29, 0.717) is 6.54 Å². The molecule has 0 fully saturated rings. The van der Waals surface area contributed by atoms with Gasteiger partial charge in [0, 0.05) is 26.3 Å². The van der Waals surface area contributed by atoms with Gasteiger partial charge in [-0.1, -0.05) is 0 Å². The molecule has 0 amide bonds. The molecule has 18 heavy (non-hydrogen) atoms. The largest absolute Gasteiger partial charge is 0.389 e. The van der Waals surface area contributed by atoms with Crippen molar-refractivity contribution in [3.8, 4) is 0 Å². The normalized spacial score (nSPS) is 12.3. The van der Waals surface area contributed by atoms with E-state index in [9.17, 15) is 13.9 Å². The molecule has 0 saturated carbocycles. The Morgan fingerprint density at radius 1 is 1.33 bits per heavy atom. The third-order valence-corrected chi connectivity index (χ3v) is 2.14. The number of nitrogens with zero attached hydrogens (tertiary/aromatic N) is 1. The molecule has 1 rings (SSSR count). The minimum Gasteiger partial charge on any atom is -0.389 e. The number of aromatic nitrogens is 1. The number of aliphatic hydroxyl groups is 1.